The van der Waals surface area contributed by atoms with Crippen LogP contribution in [0.1, 0.15) is 46.0 Å². The van der Waals surface area contributed by atoms with Crippen molar-refractivity contribution in [1.29, 1.82) is 0 Å². The molecule has 100 valence electrons. The number of ether oxygens (including phenoxy) is 1. The molecular formula is C14H28N2O. The van der Waals surface area contributed by atoms with Crippen molar-refractivity contribution < 1.29 is 4.74 Å². The molecule has 3 heteroatoms. The number of hydrogen-bond donors (Lipinski definition) is 2. The van der Waals surface area contributed by atoms with Crippen LogP contribution in [-0.4, -0.2) is 38.4 Å². The second kappa shape index (κ2) is 5.68. The van der Waals surface area contributed by atoms with Gasteiger partial charge in [-0.2, -0.15) is 0 Å². The van der Waals surface area contributed by atoms with Gasteiger partial charge in [0.1, 0.15) is 0 Å². The highest BCUT2D eigenvalue weighted by Gasteiger charge is 2.35. The largest absolute Gasteiger partial charge is 0.379 e. The van der Waals surface area contributed by atoms with Gasteiger partial charge in [-0.25, -0.2) is 0 Å². The number of nitrogens with one attached hydrogen (secondary N) is 2. The minimum Gasteiger partial charge on any atom is -0.379 e. The van der Waals surface area contributed by atoms with Gasteiger partial charge in [-0.1, -0.05) is 13.3 Å². The fraction of sp³-hybridized carbons (Fsp3) is 1.00. The summed E-state index contributed by atoms with van der Waals surface area (Å²) in [5.41, 5.74) is 0.761. The van der Waals surface area contributed by atoms with Crippen molar-refractivity contribution in [1.82, 2.24) is 10.6 Å². The van der Waals surface area contributed by atoms with Gasteiger partial charge in [0.25, 0.3) is 0 Å². The quantitative estimate of drug-likeness (QED) is 0.770. The van der Waals surface area contributed by atoms with E-state index in [1.807, 2.05) is 0 Å². The Kier molecular flexibility index (Phi) is 4.45. The lowest BCUT2D eigenvalue weighted by Crippen LogP contribution is -2.51. The maximum Gasteiger partial charge on any atom is 0.0646 e. The van der Waals surface area contributed by atoms with E-state index < -0.39 is 0 Å². The van der Waals surface area contributed by atoms with Crippen molar-refractivity contribution in [2.45, 2.75) is 51.5 Å². The molecule has 0 aromatic rings. The minimum atomic E-state index is 0.228. The topological polar surface area (TPSA) is 33.3 Å². The van der Waals surface area contributed by atoms with E-state index in [0.717, 1.165) is 19.6 Å². The molecule has 0 spiro atoms. The molecule has 0 aromatic carbocycles. The first-order valence-electron chi connectivity index (χ1n) is 7.22. The van der Waals surface area contributed by atoms with Crippen LogP contribution in [0, 0.1) is 5.41 Å². The Balaban J connectivity index is 1.88. The van der Waals surface area contributed by atoms with Crippen molar-refractivity contribution in [2.75, 3.05) is 32.8 Å². The smallest absolute Gasteiger partial charge is 0.0646 e. The van der Waals surface area contributed by atoms with Crippen molar-refractivity contribution in [3.05, 3.63) is 0 Å². The molecular weight excluding hydrogens is 212 g/mol. The minimum absolute atomic E-state index is 0.228. The SMILES string of the molecule is CCCC1(CNC2(C)CCOC2)CCNCC1. The first-order valence-corrected chi connectivity index (χ1v) is 7.22. The Morgan fingerprint density at radius 1 is 1.24 bits per heavy atom. The van der Waals surface area contributed by atoms with Gasteiger partial charge in [-0.3, -0.25) is 0 Å². The molecule has 2 N–H and O–H groups in total. The van der Waals surface area contributed by atoms with Gasteiger partial charge in [0, 0.05) is 18.7 Å². The van der Waals surface area contributed by atoms with Crippen molar-refractivity contribution in [3.8, 4) is 0 Å². The molecule has 3 nitrogen and oxygen atoms in total. The van der Waals surface area contributed by atoms with Crippen LogP contribution in [0.15, 0.2) is 0 Å². The van der Waals surface area contributed by atoms with Gasteiger partial charge in [0.2, 0.25) is 0 Å². The van der Waals surface area contributed by atoms with Crippen molar-refractivity contribution in [3.63, 3.8) is 0 Å². The Hall–Kier alpha value is -0.120. The average Bonchev–Trinajstić information content (AvgIpc) is 2.76. The van der Waals surface area contributed by atoms with E-state index in [4.69, 9.17) is 4.74 Å². The maximum atomic E-state index is 5.52. The van der Waals surface area contributed by atoms with Gasteiger partial charge in [0.15, 0.2) is 0 Å². The van der Waals surface area contributed by atoms with E-state index in [-0.39, 0.29) is 5.54 Å². The first-order chi connectivity index (χ1) is 8.18. The van der Waals surface area contributed by atoms with Crippen LogP contribution in [0.25, 0.3) is 0 Å². The predicted molar refractivity (Wildman–Crippen MR) is 71.3 cm³/mol. The predicted octanol–water partition coefficient (Wildman–Crippen LogP) is 1.92. The second-order valence-corrected chi connectivity index (χ2v) is 6.22. The van der Waals surface area contributed by atoms with Gasteiger partial charge in [-0.15, -0.1) is 0 Å². The normalized spacial score (nSPS) is 32.8. The lowest BCUT2D eigenvalue weighted by Gasteiger charge is -2.40. The summed E-state index contributed by atoms with van der Waals surface area (Å²) in [6.07, 6.45) is 6.47. The summed E-state index contributed by atoms with van der Waals surface area (Å²) in [5.74, 6) is 0. The molecule has 0 amide bonds. The third-order valence-electron chi connectivity index (χ3n) is 4.55. The van der Waals surface area contributed by atoms with Gasteiger partial charge >= 0.3 is 0 Å². The van der Waals surface area contributed by atoms with Crippen LogP contribution in [0.3, 0.4) is 0 Å². The molecule has 0 aliphatic carbocycles. The third kappa shape index (κ3) is 3.43. The molecule has 0 saturated carbocycles. The fourth-order valence-electron chi connectivity index (χ4n) is 3.21. The zero-order valence-corrected chi connectivity index (χ0v) is 11.5. The summed E-state index contributed by atoms with van der Waals surface area (Å²) in [5, 5.41) is 7.28. The van der Waals surface area contributed by atoms with Crippen LogP contribution in [-0.2, 0) is 4.74 Å². The molecule has 1 unspecified atom stereocenters. The lowest BCUT2D eigenvalue weighted by atomic mass is 9.75. The lowest BCUT2D eigenvalue weighted by molar-refractivity contribution is 0.137. The fourth-order valence-corrected chi connectivity index (χ4v) is 3.21. The van der Waals surface area contributed by atoms with E-state index >= 15 is 0 Å². The summed E-state index contributed by atoms with van der Waals surface area (Å²) < 4.78 is 5.52. The molecule has 2 aliphatic heterocycles. The Morgan fingerprint density at radius 2 is 2.00 bits per heavy atom. The van der Waals surface area contributed by atoms with Crippen molar-refractivity contribution in [2.24, 2.45) is 5.41 Å². The highest BCUT2D eigenvalue weighted by molar-refractivity contribution is 4.92. The van der Waals surface area contributed by atoms with E-state index in [1.54, 1.807) is 0 Å². The zero-order valence-electron chi connectivity index (χ0n) is 11.5. The summed E-state index contributed by atoms with van der Waals surface area (Å²) in [6, 6.07) is 0. The molecule has 2 aliphatic rings. The summed E-state index contributed by atoms with van der Waals surface area (Å²) in [7, 11) is 0. The van der Waals surface area contributed by atoms with Crippen LogP contribution in [0.2, 0.25) is 0 Å². The zero-order chi connectivity index (χ0) is 12.2. The Labute approximate surface area is 106 Å². The molecule has 0 aromatic heterocycles. The highest BCUT2D eigenvalue weighted by Crippen LogP contribution is 2.34. The molecule has 2 saturated heterocycles. The van der Waals surface area contributed by atoms with Gasteiger partial charge in [-0.05, 0) is 51.1 Å². The number of rotatable bonds is 5. The second-order valence-electron chi connectivity index (χ2n) is 6.22. The van der Waals surface area contributed by atoms with E-state index in [2.05, 4.69) is 24.5 Å². The van der Waals surface area contributed by atoms with E-state index in [0.29, 0.717) is 5.41 Å². The first kappa shape index (κ1) is 13.3. The van der Waals surface area contributed by atoms with Gasteiger partial charge in [0.05, 0.1) is 6.61 Å². The average molecular weight is 240 g/mol. The van der Waals surface area contributed by atoms with Gasteiger partial charge < -0.3 is 15.4 Å². The number of hydrogen-bond acceptors (Lipinski definition) is 3. The summed E-state index contributed by atoms with van der Waals surface area (Å²) >= 11 is 0. The summed E-state index contributed by atoms with van der Waals surface area (Å²) in [6.45, 7) is 9.97. The molecule has 2 heterocycles. The summed E-state index contributed by atoms with van der Waals surface area (Å²) in [4.78, 5) is 0. The molecule has 1 atom stereocenters. The number of piperidine rings is 1. The van der Waals surface area contributed by atoms with E-state index in [9.17, 15) is 0 Å². The van der Waals surface area contributed by atoms with Crippen molar-refractivity contribution >= 4 is 0 Å². The van der Waals surface area contributed by atoms with Crippen LogP contribution in [0.4, 0.5) is 0 Å². The molecule has 2 rings (SSSR count). The van der Waals surface area contributed by atoms with Crippen LogP contribution >= 0.6 is 0 Å². The van der Waals surface area contributed by atoms with Crippen LogP contribution < -0.4 is 10.6 Å². The van der Waals surface area contributed by atoms with Crippen LogP contribution in [0.5, 0.6) is 0 Å². The Bertz CT molecular complexity index is 225. The molecule has 17 heavy (non-hydrogen) atoms. The standard InChI is InChI=1S/C14H28N2O/c1-3-4-14(5-8-15-9-6-14)11-16-13(2)7-10-17-12-13/h15-16H,3-12H2,1-2H3. The third-order valence-corrected chi connectivity index (χ3v) is 4.55. The monoisotopic (exact) mass is 240 g/mol. The highest BCUT2D eigenvalue weighted by atomic mass is 16.5. The van der Waals surface area contributed by atoms with E-state index in [1.165, 1.54) is 45.3 Å². The Morgan fingerprint density at radius 3 is 2.59 bits per heavy atom. The molecule has 0 bridgehead atoms. The molecule has 0 radical (unpaired) electrons. The maximum absolute atomic E-state index is 5.52. The molecule has 2 fully saturated rings.